The lowest BCUT2D eigenvalue weighted by atomic mass is 9.89. The highest BCUT2D eigenvalue weighted by molar-refractivity contribution is 5.22. The highest BCUT2D eigenvalue weighted by Gasteiger charge is 2.20. The molecule has 0 radical (unpaired) electrons. The molecular formula is C13H18N2. The Bertz CT molecular complexity index is 324. The maximum atomic E-state index is 8.86. The topological polar surface area (TPSA) is 27.0 Å². The Balaban J connectivity index is 2.89. The molecule has 0 fully saturated rings. The van der Waals surface area contributed by atoms with Gasteiger partial charge in [0.05, 0.1) is 6.07 Å². The maximum Gasteiger partial charge on any atom is 0.0628 e. The first kappa shape index (κ1) is 11.7. The zero-order valence-corrected chi connectivity index (χ0v) is 9.64. The lowest BCUT2D eigenvalue weighted by molar-refractivity contribution is 0.273. The summed E-state index contributed by atoms with van der Waals surface area (Å²) in [5, 5.41) is 8.86. The van der Waals surface area contributed by atoms with Crippen LogP contribution in [0.4, 0.5) is 0 Å². The van der Waals surface area contributed by atoms with Crippen LogP contribution in [0.2, 0.25) is 0 Å². The van der Waals surface area contributed by atoms with Crippen LogP contribution in [-0.4, -0.2) is 25.0 Å². The molecule has 0 aliphatic carbocycles. The van der Waals surface area contributed by atoms with Crippen molar-refractivity contribution in [3.63, 3.8) is 0 Å². The second-order valence-corrected chi connectivity index (χ2v) is 4.08. The Morgan fingerprint density at radius 2 is 1.87 bits per heavy atom. The second kappa shape index (κ2) is 5.53. The average Bonchev–Trinajstić information content (AvgIpc) is 2.26. The highest BCUT2D eigenvalue weighted by atomic mass is 15.1. The minimum absolute atomic E-state index is 0.297. The molecule has 1 rings (SSSR count). The van der Waals surface area contributed by atoms with Crippen molar-refractivity contribution in [1.82, 2.24) is 4.90 Å². The third-order valence-corrected chi connectivity index (χ3v) is 2.94. The molecule has 0 unspecified atom stereocenters. The Hall–Kier alpha value is -1.33. The van der Waals surface area contributed by atoms with Crippen molar-refractivity contribution in [2.45, 2.75) is 25.3 Å². The Labute approximate surface area is 92.1 Å². The Morgan fingerprint density at radius 3 is 2.33 bits per heavy atom. The van der Waals surface area contributed by atoms with E-state index in [9.17, 15) is 0 Å². The Kier molecular flexibility index (Phi) is 4.33. The van der Waals surface area contributed by atoms with Crippen molar-refractivity contribution in [2.75, 3.05) is 14.1 Å². The van der Waals surface area contributed by atoms with Gasteiger partial charge in [-0.15, -0.1) is 0 Å². The quantitative estimate of drug-likeness (QED) is 0.750. The summed E-state index contributed by atoms with van der Waals surface area (Å²) >= 11 is 0. The maximum absolute atomic E-state index is 8.86. The van der Waals surface area contributed by atoms with Gasteiger partial charge in [-0.25, -0.2) is 0 Å². The third-order valence-electron chi connectivity index (χ3n) is 2.94. The molecule has 0 aliphatic rings. The summed E-state index contributed by atoms with van der Waals surface area (Å²) in [6.45, 7) is 2.16. The molecule has 0 saturated carbocycles. The number of rotatable bonds is 4. The number of hydrogen-bond acceptors (Lipinski definition) is 2. The molecule has 1 aromatic carbocycles. The van der Waals surface area contributed by atoms with Crippen LogP contribution in [0.25, 0.3) is 0 Å². The van der Waals surface area contributed by atoms with Gasteiger partial charge in [0.15, 0.2) is 0 Å². The standard InChI is InChI=1S/C13H18N2/c1-11(15(2)3)13(9-10-14)12-7-5-4-6-8-12/h4-8,11,13H,9H2,1-3H3/t11-,13+/m0/s1. The van der Waals surface area contributed by atoms with E-state index >= 15 is 0 Å². The SMILES string of the molecule is C[C@@H]([C@@H](CC#N)c1ccccc1)N(C)C. The molecule has 2 nitrogen and oxygen atoms in total. The van der Waals surface area contributed by atoms with Crippen molar-refractivity contribution >= 4 is 0 Å². The van der Waals surface area contributed by atoms with Gasteiger partial charge in [-0.1, -0.05) is 30.3 Å². The smallest absolute Gasteiger partial charge is 0.0628 e. The number of nitriles is 1. The predicted molar refractivity (Wildman–Crippen MR) is 62.6 cm³/mol. The second-order valence-electron chi connectivity index (χ2n) is 4.08. The molecule has 1 aromatic rings. The lowest BCUT2D eigenvalue weighted by Crippen LogP contribution is -2.31. The van der Waals surface area contributed by atoms with Crippen molar-refractivity contribution < 1.29 is 0 Å². The fourth-order valence-electron chi connectivity index (χ4n) is 1.73. The van der Waals surface area contributed by atoms with Crippen molar-refractivity contribution in [1.29, 1.82) is 5.26 Å². The van der Waals surface area contributed by atoms with E-state index in [0.717, 1.165) is 0 Å². The minimum Gasteiger partial charge on any atom is -0.306 e. The van der Waals surface area contributed by atoms with E-state index in [1.165, 1.54) is 5.56 Å². The number of likely N-dealkylation sites (N-methyl/N-ethyl adjacent to an activating group) is 1. The number of hydrogen-bond donors (Lipinski definition) is 0. The summed E-state index contributed by atoms with van der Waals surface area (Å²) in [5.41, 5.74) is 1.25. The molecule has 0 N–H and O–H groups in total. The minimum atomic E-state index is 0.297. The van der Waals surface area contributed by atoms with Gasteiger partial charge in [0.2, 0.25) is 0 Å². The van der Waals surface area contributed by atoms with Gasteiger partial charge in [-0.2, -0.15) is 5.26 Å². The van der Waals surface area contributed by atoms with Gasteiger partial charge in [0, 0.05) is 18.4 Å². The van der Waals surface area contributed by atoms with Crippen molar-refractivity contribution in [2.24, 2.45) is 0 Å². The zero-order valence-electron chi connectivity index (χ0n) is 9.64. The van der Waals surface area contributed by atoms with Crippen LogP contribution in [0.5, 0.6) is 0 Å². The average molecular weight is 202 g/mol. The zero-order chi connectivity index (χ0) is 11.3. The molecule has 0 aromatic heterocycles. The van der Waals surface area contributed by atoms with E-state index in [0.29, 0.717) is 18.4 Å². The Morgan fingerprint density at radius 1 is 1.27 bits per heavy atom. The van der Waals surface area contributed by atoms with E-state index in [4.69, 9.17) is 5.26 Å². The first-order valence-corrected chi connectivity index (χ1v) is 5.25. The van der Waals surface area contributed by atoms with Crippen LogP contribution in [0, 0.1) is 11.3 Å². The third kappa shape index (κ3) is 3.07. The van der Waals surface area contributed by atoms with Crippen LogP contribution >= 0.6 is 0 Å². The highest BCUT2D eigenvalue weighted by Crippen LogP contribution is 2.25. The van der Waals surface area contributed by atoms with Crippen LogP contribution in [0.1, 0.15) is 24.8 Å². The monoisotopic (exact) mass is 202 g/mol. The molecule has 0 saturated heterocycles. The van der Waals surface area contributed by atoms with E-state index in [-0.39, 0.29) is 0 Å². The normalized spacial score (nSPS) is 14.6. The summed E-state index contributed by atoms with van der Waals surface area (Å²) in [7, 11) is 4.11. The molecule has 0 bridgehead atoms. The van der Waals surface area contributed by atoms with Crippen LogP contribution < -0.4 is 0 Å². The van der Waals surface area contributed by atoms with Gasteiger partial charge in [0.1, 0.15) is 0 Å². The van der Waals surface area contributed by atoms with E-state index in [1.54, 1.807) is 0 Å². The van der Waals surface area contributed by atoms with Crippen molar-refractivity contribution in [3.8, 4) is 6.07 Å². The first-order chi connectivity index (χ1) is 7.16. The lowest BCUT2D eigenvalue weighted by Gasteiger charge is -2.28. The van der Waals surface area contributed by atoms with Gasteiger partial charge >= 0.3 is 0 Å². The molecule has 80 valence electrons. The molecule has 0 heterocycles. The summed E-state index contributed by atoms with van der Waals surface area (Å²) in [4.78, 5) is 2.16. The fourth-order valence-corrected chi connectivity index (χ4v) is 1.73. The van der Waals surface area contributed by atoms with Crippen molar-refractivity contribution in [3.05, 3.63) is 35.9 Å². The first-order valence-electron chi connectivity index (χ1n) is 5.25. The summed E-state index contributed by atoms with van der Waals surface area (Å²) in [5.74, 6) is 0.297. The largest absolute Gasteiger partial charge is 0.306 e. The molecule has 15 heavy (non-hydrogen) atoms. The summed E-state index contributed by atoms with van der Waals surface area (Å²) in [6, 6.07) is 12.9. The predicted octanol–water partition coefficient (Wildman–Crippen LogP) is 2.63. The van der Waals surface area contributed by atoms with E-state index in [1.807, 2.05) is 18.2 Å². The molecule has 2 heteroatoms. The van der Waals surface area contributed by atoms with E-state index in [2.05, 4.69) is 44.1 Å². The van der Waals surface area contributed by atoms with Gasteiger partial charge in [0.25, 0.3) is 0 Å². The molecule has 0 aliphatic heterocycles. The molecule has 0 spiro atoms. The van der Waals surface area contributed by atoms with Crippen LogP contribution in [-0.2, 0) is 0 Å². The van der Waals surface area contributed by atoms with Crippen LogP contribution in [0.3, 0.4) is 0 Å². The summed E-state index contributed by atoms with van der Waals surface area (Å²) < 4.78 is 0. The molecule has 2 atom stereocenters. The fraction of sp³-hybridized carbons (Fsp3) is 0.462. The number of nitrogens with zero attached hydrogens (tertiary/aromatic N) is 2. The summed E-state index contributed by atoms with van der Waals surface area (Å²) in [6.07, 6.45) is 0.573. The van der Waals surface area contributed by atoms with Gasteiger partial charge in [-0.05, 0) is 26.6 Å². The number of benzene rings is 1. The van der Waals surface area contributed by atoms with Crippen LogP contribution in [0.15, 0.2) is 30.3 Å². The molecule has 0 amide bonds. The van der Waals surface area contributed by atoms with Gasteiger partial charge < -0.3 is 4.90 Å². The van der Waals surface area contributed by atoms with Gasteiger partial charge in [-0.3, -0.25) is 0 Å². The molecular weight excluding hydrogens is 184 g/mol. The van der Waals surface area contributed by atoms with E-state index < -0.39 is 0 Å².